The quantitative estimate of drug-likeness (QED) is 0.126. The van der Waals surface area contributed by atoms with E-state index in [1.54, 1.807) is 0 Å². The lowest BCUT2D eigenvalue weighted by Gasteiger charge is -2.12. The number of unbranched alkanes of at least 4 members (excludes halogenated alkanes) is 18. The summed E-state index contributed by atoms with van der Waals surface area (Å²) in [6.07, 6.45) is 23.6. The second-order valence-electron chi connectivity index (χ2n) is 9.66. The third-order valence-corrected chi connectivity index (χ3v) is 6.47. The molecule has 7 heteroatoms. The van der Waals surface area contributed by atoms with E-state index in [2.05, 4.69) is 0 Å². The predicted octanol–water partition coefficient (Wildman–Crippen LogP) is 6.87. The van der Waals surface area contributed by atoms with Gasteiger partial charge in [0.15, 0.2) is 0 Å². The van der Waals surface area contributed by atoms with E-state index in [9.17, 15) is 19.2 Å². The Morgan fingerprint density at radius 3 is 1.18 bits per heavy atom. The minimum absolute atomic E-state index is 0.132. The molecule has 0 aromatic heterocycles. The third kappa shape index (κ3) is 16.7. The zero-order valence-electron chi connectivity index (χ0n) is 21.2. The zero-order valence-corrected chi connectivity index (χ0v) is 21.2. The van der Waals surface area contributed by atoms with Crippen molar-refractivity contribution in [1.29, 1.82) is 0 Å². The highest BCUT2D eigenvalue weighted by molar-refractivity contribution is 6.01. The fraction of sp³-hybridized carbons (Fsp3) is 0.852. The molecule has 7 nitrogen and oxygen atoms in total. The van der Waals surface area contributed by atoms with Crippen molar-refractivity contribution in [1.82, 2.24) is 5.06 Å². The Morgan fingerprint density at radius 2 is 0.853 bits per heavy atom. The molecule has 1 saturated heterocycles. The van der Waals surface area contributed by atoms with Crippen molar-refractivity contribution in [2.45, 2.75) is 148 Å². The summed E-state index contributed by atoms with van der Waals surface area (Å²) in [6, 6.07) is 0. The van der Waals surface area contributed by atoms with Crippen LogP contribution in [0.25, 0.3) is 0 Å². The number of imide groups is 1. The van der Waals surface area contributed by atoms with Crippen molar-refractivity contribution in [2.75, 3.05) is 0 Å². The van der Waals surface area contributed by atoms with Gasteiger partial charge in [-0.25, -0.2) is 4.79 Å². The van der Waals surface area contributed by atoms with Gasteiger partial charge < -0.3 is 9.94 Å². The molecular formula is C27H47NO6. The first-order valence-corrected chi connectivity index (χ1v) is 13.8. The van der Waals surface area contributed by atoms with Crippen LogP contribution in [0.15, 0.2) is 0 Å². The van der Waals surface area contributed by atoms with Gasteiger partial charge in [0.2, 0.25) is 0 Å². The molecule has 0 atom stereocenters. The Kier molecular flexibility index (Phi) is 18.1. The maximum atomic E-state index is 11.7. The van der Waals surface area contributed by atoms with Crippen LogP contribution in [0.1, 0.15) is 148 Å². The van der Waals surface area contributed by atoms with Crippen molar-refractivity contribution < 1.29 is 29.1 Å². The molecule has 0 saturated carbocycles. The van der Waals surface area contributed by atoms with Gasteiger partial charge >= 0.3 is 11.9 Å². The first-order chi connectivity index (χ1) is 16.5. The highest BCUT2D eigenvalue weighted by Crippen LogP contribution is 2.16. The van der Waals surface area contributed by atoms with Crippen LogP contribution in [0.2, 0.25) is 0 Å². The fourth-order valence-electron chi connectivity index (χ4n) is 4.36. The minimum atomic E-state index is -0.677. The topological polar surface area (TPSA) is 101 Å². The second kappa shape index (κ2) is 20.5. The van der Waals surface area contributed by atoms with Gasteiger partial charge in [0.1, 0.15) is 0 Å². The standard InChI is InChI=1S/C27H47NO6/c29-24-22-23-25(30)28(24)34-27(33)21-19-17-15-13-11-9-7-5-3-1-2-4-6-8-10-12-14-16-18-20-26(31)32/h1-23H2,(H,31,32). The van der Waals surface area contributed by atoms with Gasteiger partial charge in [0.05, 0.1) is 0 Å². The monoisotopic (exact) mass is 481 g/mol. The number of nitrogens with zero attached hydrogens (tertiary/aromatic N) is 1. The number of carboxylic acid groups (broad SMARTS) is 1. The Balaban J connectivity index is 1.73. The van der Waals surface area contributed by atoms with Crippen LogP contribution in [-0.4, -0.2) is 33.9 Å². The summed E-state index contributed by atoms with van der Waals surface area (Å²) in [5.41, 5.74) is 0. The van der Waals surface area contributed by atoms with Gasteiger partial charge in [-0.15, -0.1) is 5.06 Å². The lowest BCUT2D eigenvalue weighted by Crippen LogP contribution is -2.31. The summed E-state index contributed by atoms with van der Waals surface area (Å²) in [5.74, 6) is -2.02. The Hall–Kier alpha value is -1.92. The fourth-order valence-corrected chi connectivity index (χ4v) is 4.36. The van der Waals surface area contributed by atoms with Gasteiger partial charge in [0, 0.05) is 25.7 Å². The van der Waals surface area contributed by atoms with Gasteiger partial charge in [-0.3, -0.25) is 14.4 Å². The Labute approximate surface area is 205 Å². The molecule has 1 aliphatic heterocycles. The SMILES string of the molecule is O=C(O)CCCCCCCCCCCCCCCCCCCCCC(=O)ON1C(=O)CCC1=O. The summed E-state index contributed by atoms with van der Waals surface area (Å²) in [7, 11) is 0. The molecule has 1 N–H and O–H groups in total. The van der Waals surface area contributed by atoms with Crippen LogP contribution < -0.4 is 0 Å². The van der Waals surface area contributed by atoms with Gasteiger partial charge in [-0.1, -0.05) is 109 Å². The molecule has 0 aromatic rings. The number of aliphatic carboxylic acids is 1. The summed E-state index contributed by atoms with van der Waals surface area (Å²) >= 11 is 0. The molecule has 0 unspecified atom stereocenters. The predicted molar refractivity (Wildman–Crippen MR) is 132 cm³/mol. The van der Waals surface area contributed by atoms with Crippen LogP contribution in [0.5, 0.6) is 0 Å². The van der Waals surface area contributed by atoms with Gasteiger partial charge in [-0.2, -0.15) is 0 Å². The number of carboxylic acids is 1. The Bertz CT molecular complexity index is 576. The number of hydroxylamine groups is 2. The number of rotatable bonds is 23. The number of amides is 2. The van der Waals surface area contributed by atoms with Crippen molar-refractivity contribution in [3.05, 3.63) is 0 Å². The molecule has 34 heavy (non-hydrogen) atoms. The van der Waals surface area contributed by atoms with E-state index in [1.165, 1.54) is 89.9 Å². The van der Waals surface area contributed by atoms with Crippen molar-refractivity contribution in [3.63, 3.8) is 0 Å². The van der Waals surface area contributed by atoms with E-state index >= 15 is 0 Å². The normalized spacial score (nSPS) is 13.6. The van der Waals surface area contributed by atoms with E-state index in [4.69, 9.17) is 9.94 Å². The highest BCUT2D eigenvalue weighted by Gasteiger charge is 2.32. The highest BCUT2D eigenvalue weighted by atomic mass is 16.7. The minimum Gasteiger partial charge on any atom is -0.481 e. The second-order valence-corrected chi connectivity index (χ2v) is 9.66. The molecule has 196 valence electrons. The van der Waals surface area contributed by atoms with E-state index in [0.29, 0.717) is 11.5 Å². The number of hydrogen-bond donors (Lipinski definition) is 1. The zero-order chi connectivity index (χ0) is 24.9. The molecule has 0 aromatic carbocycles. The van der Waals surface area contributed by atoms with Crippen LogP contribution in [0, 0.1) is 0 Å². The lowest BCUT2D eigenvalue weighted by atomic mass is 10.0. The smallest absolute Gasteiger partial charge is 0.333 e. The van der Waals surface area contributed by atoms with Crippen LogP contribution in [0.4, 0.5) is 0 Å². The number of carbonyl (C=O) groups excluding carboxylic acids is 3. The molecule has 0 radical (unpaired) electrons. The van der Waals surface area contributed by atoms with E-state index in [-0.39, 0.29) is 19.3 Å². The van der Waals surface area contributed by atoms with Gasteiger partial charge in [-0.05, 0) is 12.8 Å². The Morgan fingerprint density at radius 1 is 0.559 bits per heavy atom. The summed E-state index contributed by atoms with van der Waals surface area (Å²) in [6.45, 7) is 0. The van der Waals surface area contributed by atoms with Gasteiger partial charge in [0.25, 0.3) is 11.8 Å². The van der Waals surface area contributed by atoms with Crippen LogP contribution in [0.3, 0.4) is 0 Å². The van der Waals surface area contributed by atoms with Crippen molar-refractivity contribution in [3.8, 4) is 0 Å². The van der Waals surface area contributed by atoms with Crippen LogP contribution in [-0.2, 0) is 24.0 Å². The molecule has 0 bridgehead atoms. The number of carbonyl (C=O) groups is 4. The molecule has 1 heterocycles. The molecule has 0 spiro atoms. The molecule has 2 amide bonds. The average molecular weight is 482 g/mol. The summed E-state index contributed by atoms with van der Waals surface area (Å²) < 4.78 is 0. The van der Waals surface area contributed by atoms with Crippen molar-refractivity contribution >= 4 is 23.8 Å². The number of hydrogen-bond acceptors (Lipinski definition) is 5. The maximum absolute atomic E-state index is 11.7. The molecule has 1 fully saturated rings. The summed E-state index contributed by atoms with van der Waals surface area (Å²) in [4.78, 5) is 49.8. The summed E-state index contributed by atoms with van der Waals surface area (Å²) in [5, 5.41) is 9.22. The largest absolute Gasteiger partial charge is 0.481 e. The third-order valence-electron chi connectivity index (χ3n) is 6.47. The van der Waals surface area contributed by atoms with E-state index in [1.807, 2.05) is 0 Å². The van der Waals surface area contributed by atoms with E-state index < -0.39 is 23.8 Å². The molecular weight excluding hydrogens is 434 g/mol. The van der Waals surface area contributed by atoms with Crippen LogP contribution >= 0.6 is 0 Å². The molecule has 0 aliphatic carbocycles. The molecule has 1 rings (SSSR count). The maximum Gasteiger partial charge on any atom is 0.333 e. The average Bonchev–Trinajstić information content (AvgIpc) is 3.11. The van der Waals surface area contributed by atoms with E-state index in [0.717, 1.165) is 32.1 Å². The molecule has 1 aliphatic rings. The van der Waals surface area contributed by atoms with Crippen molar-refractivity contribution in [2.24, 2.45) is 0 Å². The first-order valence-electron chi connectivity index (χ1n) is 13.8. The first kappa shape index (κ1) is 30.1. The lowest BCUT2D eigenvalue weighted by molar-refractivity contribution is -0.197.